The molecule has 0 aromatic rings. The second-order valence-corrected chi connectivity index (χ2v) is 3.98. The third kappa shape index (κ3) is 4.07. The Morgan fingerprint density at radius 3 is 2.73 bits per heavy atom. The highest BCUT2D eigenvalue weighted by Crippen LogP contribution is 2.15. The first kappa shape index (κ1) is 12.9. The molecule has 90 valence electrons. The molecular formula is C11H24N2O2. The van der Waals surface area contributed by atoms with E-state index in [0.29, 0.717) is 6.04 Å². The van der Waals surface area contributed by atoms with E-state index in [1.165, 1.54) is 19.4 Å². The molecule has 4 nitrogen and oxygen atoms in total. The van der Waals surface area contributed by atoms with Gasteiger partial charge < -0.3 is 14.8 Å². The van der Waals surface area contributed by atoms with Crippen LogP contribution in [0.15, 0.2) is 0 Å². The molecule has 15 heavy (non-hydrogen) atoms. The smallest absolute Gasteiger partial charge is 0.169 e. The minimum absolute atomic E-state index is 0.124. The second-order valence-electron chi connectivity index (χ2n) is 3.98. The van der Waals surface area contributed by atoms with Crippen molar-refractivity contribution in [1.82, 2.24) is 10.2 Å². The van der Waals surface area contributed by atoms with Gasteiger partial charge in [0.1, 0.15) is 0 Å². The Hall–Kier alpha value is -0.160. The van der Waals surface area contributed by atoms with E-state index in [0.717, 1.165) is 19.6 Å². The minimum atomic E-state index is -0.124. The molecule has 1 rings (SSSR count). The fraction of sp³-hybridized carbons (Fsp3) is 1.00. The highest BCUT2D eigenvalue weighted by atomic mass is 16.7. The Balaban J connectivity index is 2.13. The Morgan fingerprint density at radius 2 is 2.13 bits per heavy atom. The number of likely N-dealkylation sites (N-methyl/N-ethyl adjacent to an activating group) is 1. The third-order valence-corrected chi connectivity index (χ3v) is 3.12. The fourth-order valence-electron chi connectivity index (χ4n) is 2.17. The van der Waals surface area contributed by atoms with Gasteiger partial charge >= 0.3 is 0 Å². The molecular weight excluding hydrogens is 192 g/mol. The van der Waals surface area contributed by atoms with Gasteiger partial charge in [0.15, 0.2) is 6.29 Å². The molecule has 1 N–H and O–H groups in total. The summed E-state index contributed by atoms with van der Waals surface area (Å²) in [6.07, 6.45) is 2.52. The van der Waals surface area contributed by atoms with E-state index < -0.39 is 0 Å². The summed E-state index contributed by atoms with van der Waals surface area (Å²) in [6.45, 7) is 6.44. The second kappa shape index (κ2) is 7.17. The zero-order valence-electron chi connectivity index (χ0n) is 10.2. The summed E-state index contributed by atoms with van der Waals surface area (Å²) in [7, 11) is 3.34. The fourth-order valence-corrected chi connectivity index (χ4v) is 2.17. The SMILES string of the molecule is CCN1CCC[C@@H]1CNCC(OC)OC. The monoisotopic (exact) mass is 216 g/mol. The molecule has 0 bridgehead atoms. The molecule has 1 aliphatic heterocycles. The molecule has 1 saturated heterocycles. The van der Waals surface area contributed by atoms with Gasteiger partial charge in [0, 0.05) is 33.4 Å². The van der Waals surface area contributed by atoms with Crippen molar-refractivity contribution >= 4 is 0 Å². The number of nitrogens with zero attached hydrogens (tertiary/aromatic N) is 1. The lowest BCUT2D eigenvalue weighted by Crippen LogP contribution is -2.40. The maximum absolute atomic E-state index is 5.12. The maximum atomic E-state index is 5.12. The number of hydrogen-bond donors (Lipinski definition) is 1. The number of likely N-dealkylation sites (tertiary alicyclic amines) is 1. The van der Waals surface area contributed by atoms with E-state index in [1.54, 1.807) is 14.2 Å². The number of hydrogen-bond acceptors (Lipinski definition) is 4. The van der Waals surface area contributed by atoms with Crippen molar-refractivity contribution in [3.63, 3.8) is 0 Å². The minimum Gasteiger partial charge on any atom is -0.355 e. The molecule has 0 spiro atoms. The molecule has 0 amide bonds. The molecule has 0 aromatic carbocycles. The van der Waals surface area contributed by atoms with Crippen LogP contribution in [-0.2, 0) is 9.47 Å². The molecule has 0 aliphatic carbocycles. The summed E-state index contributed by atoms with van der Waals surface area (Å²) in [6, 6.07) is 0.698. The van der Waals surface area contributed by atoms with E-state index in [-0.39, 0.29) is 6.29 Å². The average molecular weight is 216 g/mol. The van der Waals surface area contributed by atoms with Gasteiger partial charge in [0.2, 0.25) is 0 Å². The summed E-state index contributed by atoms with van der Waals surface area (Å²) >= 11 is 0. The lowest BCUT2D eigenvalue weighted by atomic mass is 10.2. The number of ether oxygens (including phenoxy) is 2. The molecule has 1 heterocycles. The van der Waals surface area contributed by atoms with Crippen LogP contribution in [0, 0.1) is 0 Å². The Kier molecular flexibility index (Phi) is 6.17. The predicted octanol–water partition coefficient (Wildman–Crippen LogP) is 0.679. The Bertz CT molecular complexity index is 163. The van der Waals surface area contributed by atoms with Crippen LogP contribution in [0.4, 0.5) is 0 Å². The van der Waals surface area contributed by atoms with Gasteiger partial charge in [0.25, 0.3) is 0 Å². The third-order valence-electron chi connectivity index (χ3n) is 3.12. The van der Waals surface area contributed by atoms with Crippen molar-refractivity contribution < 1.29 is 9.47 Å². The van der Waals surface area contributed by atoms with Crippen LogP contribution in [0.2, 0.25) is 0 Å². The summed E-state index contributed by atoms with van der Waals surface area (Å²) in [5.41, 5.74) is 0. The largest absolute Gasteiger partial charge is 0.355 e. The summed E-state index contributed by atoms with van der Waals surface area (Å²) in [4.78, 5) is 2.53. The number of nitrogens with one attached hydrogen (secondary N) is 1. The molecule has 0 radical (unpaired) electrons. The topological polar surface area (TPSA) is 33.7 Å². The van der Waals surface area contributed by atoms with Crippen molar-refractivity contribution in [3.05, 3.63) is 0 Å². The quantitative estimate of drug-likeness (QED) is 0.635. The first-order chi connectivity index (χ1) is 7.31. The highest BCUT2D eigenvalue weighted by molar-refractivity contribution is 4.79. The van der Waals surface area contributed by atoms with Gasteiger partial charge in [-0.2, -0.15) is 0 Å². The van der Waals surface area contributed by atoms with E-state index in [1.807, 2.05) is 0 Å². The van der Waals surface area contributed by atoms with Crippen molar-refractivity contribution in [2.45, 2.75) is 32.1 Å². The molecule has 1 atom stereocenters. The van der Waals surface area contributed by atoms with Gasteiger partial charge in [-0.3, -0.25) is 4.90 Å². The maximum Gasteiger partial charge on any atom is 0.169 e. The molecule has 1 fully saturated rings. The van der Waals surface area contributed by atoms with Gasteiger partial charge in [-0.25, -0.2) is 0 Å². The summed E-state index contributed by atoms with van der Waals surface area (Å²) < 4.78 is 10.2. The van der Waals surface area contributed by atoms with Crippen molar-refractivity contribution in [2.24, 2.45) is 0 Å². The van der Waals surface area contributed by atoms with Crippen molar-refractivity contribution in [1.29, 1.82) is 0 Å². The molecule has 4 heteroatoms. The van der Waals surface area contributed by atoms with Gasteiger partial charge in [-0.1, -0.05) is 6.92 Å². The lowest BCUT2D eigenvalue weighted by molar-refractivity contribution is -0.0990. The zero-order valence-corrected chi connectivity index (χ0v) is 10.2. The summed E-state index contributed by atoms with van der Waals surface area (Å²) in [5.74, 6) is 0. The average Bonchev–Trinajstić information content (AvgIpc) is 2.72. The Morgan fingerprint density at radius 1 is 1.40 bits per heavy atom. The standard InChI is InChI=1S/C11H24N2O2/c1-4-13-7-5-6-10(13)8-12-9-11(14-2)15-3/h10-12H,4-9H2,1-3H3/t10-/m1/s1. The number of rotatable bonds is 7. The predicted molar refractivity (Wildman–Crippen MR) is 60.9 cm³/mol. The van der Waals surface area contributed by atoms with Crippen LogP contribution in [0.25, 0.3) is 0 Å². The van der Waals surface area contributed by atoms with Crippen LogP contribution in [-0.4, -0.2) is 57.6 Å². The normalized spacial score (nSPS) is 22.8. The molecule has 0 aromatic heterocycles. The first-order valence-electron chi connectivity index (χ1n) is 5.82. The van der Waals surface area contributed by atoms with Crippen molar-refractivity contribution in [3.8, 4) is 0 Å². The van der Waals surface area contributed by atoms with E-state index in [9.17, 15) is 0 Å². The van der Waals surface area contributed by atoms with Crippen LogP contribution >= 0.6 is 0 Å². The molecule has 0 saturated carbocycles. The lowest BCUT2D eigenvalue weighted by Gasteiger charge is -2.24. The Labute approximate surface area is 92.9 Å². The molecule has 0 unspecified atom stereocenters. The van der Waals surface area contributed by atoms with Crippen LogP contribution < -0.4 is 5.32 Å². The van der Waals surface area contributed by atoms with Gasteiger partial charge in [0.05, 0.1) is 0 Å². The van der Waals surface area contributed by atoms with Crippen LogP contribution in [0.5, 0.6) is 0 Å². The highest BCUT2D eigenvalue weighted by Gasteiger charge is 2.22. The van der Waals surface area contributed by atoms with E-state index in [2.05, 4.69) is 17.1 Å². The van der Waals surface area contributed by atoms with Crippen LogP contribution in [0.3, 0.4) is 0 Å². The van der Waals surface area contributed by atoms with Crippen LogP contribution in [0.1, 0.15) is 19.8 Å². The van der Waals surface area contributed by atoms with E-state index >= 15 is 0 Å². The number of methoxy groups -OCH3 is 2. The first-order valence-corrected chi connectivity index (χ1v) is 5.82. The van der Waals surface area contributed by atoms with E-state index in [4.69, 9.17) is 9.47 Å². The zero-order chi connectivity index (χ0) is 11.1. The van der Waals surface area contributed by atoms with Gasteiger partial charge in [-0.15, -0.1) is 0 Å². The van der Waals surface area contributed by atoms with Gasteiger partial charge in [-0.05, 0) is 25.9 Å². The molecule has 1 aliphatic rings. The summed E-state index contributed by atoms with van der Waals surface area (Å²) in [5, 5.41) is 3.40. The van der Waals surface area contributed by atoms with Crippen molar-refractivity contribution in [2.75, 3.05) is 40.4 Å².